The molecule has 0 aliphatic heterocycles. The van der Waals surface area contributed by atoms with E-state index in [4.69, 9.17) is 4.74 Å². The first-order chi connectivity index (χ1) is 9.99. The molecule has 0 radical (unpaired) electrons. The summed E-state index contributed by atoms with van der Waals surface area (Å²) in [6, 6.07) is 10.3. The molecule has 1 aliphatic rings. The summed E-state index contributed by atoms with van der Waals surface area (Å²) in [5, 5.41) is 3.17. The predicted octanol–water partition coefficient (Wildman–Crippen LogP) is 3.88. The molecule has 3 unspecified atom stereocenters. The fourth-order valence-electron chi connectivity index (χ4n) is 3.00. The van der Waals surface area contributed by atoms with Crippen LogP contribution in [-0.2, 0) is 4.74 Å². The molecule has 118 valence electrons. The van der Waals surface area contributed by atoms with Crippen LogP contribution >= 0.6 is 0 Å². The first-order valence-corrected chi connectivity index (χ1v) is 7.40. The van der Waals surface area contributed by atoms with Crippen LogP contribution in [0.3, 0.4) is 0 Å². The van der Waals surface area contributed by atoms with Gasteiger partial charge in [-0.05, 0) is 37.8 Å². The number of likely N-dealkylation sites (N-methyl/N-ethyl adjacent to an activating group) is 1. The van der Waals surface area contributed by atoms with Crippen molar-refractivity contribution in [1.82, 2.24) is 5.32 Å². The highest BCUT2D eigenvalue weighted by Crippen LogP contribution is 2.34. The van der Waals surface area contributed by atoms with Crippen molar-refractivity contribution in [1.29, 1.82) is 0 Å². The maximum atomic E-state index is 12.2. The van der Waals surface area contributed by atoms with Crippen LogP contribution in [0.2, 0.25) is 0 Å². The minimum absolute atomic E-state index is 0.137. The molecule has 1 aromatic rings. The molecule has 0 saturated heterocycles. The highest BCUT2D eigenvalue weighted by molar-refractivity contribution is 5.20. The van der Waals surface area contributed by atoms with E-state index in [0.29, 0.717) is 5.92 Å². The van der Waals surface area contributed by atoms with E-state index in [2.05, 4.69) is 17.4 Å². The standard InChI is InChI=1S/C16H22F3NO/c1-20-14-8-7-13(12-5-3-2-4-6-12)11-15(14)21-10-9-16(17,18)19/h2-6,13-15,20H,7-11H2,1H3. The van der Waals surface area contributed by atoms with Gasteiger partial charge in [-0.1, -0.05) is 30.3 Å². The van der Waals surface area contributed by atoms with E-state index < -0.39 is 12.6 Å². The predicted molar refractivity (Wildman–Crippen MR) is 76.3 cm³/mol. The Morgan fingerprint density at radius 2 is 1.90 bits per heavy atom. The third-order valence-electron chi connectivity index (χ3n) is 4.15. The summed E-state index contributed by atoms with van der Waals surface area (Å²) in [6.45, 7) is -0.256. The van der Waals surface area contributed by atoms with Crippen LogP contribution in [0.1, 0.15) is 37.2 Å². The third-order valence-corrected chi connectivity index (χ3v) is 4.15. The average molecular weight is 301 g/mol. The van der Waals surface area contributed by atoms with Crippen LogP contribution in [0, 0.1) is 0 Å². The molecule has 0 aromatic heterocycles. The molecule has 0 spiro atoms. The number of hydrogen-bond acceptors (Lipinski definition) is 2. The molecule has 1 aromatic carbocycles. The van der Waals surface area contributed by atoms with Gasteiger partial charge in [-0.2, -0.15) is 13.2 Å². The van der Waals surface area contributed by atoms with Gasteiger partial charge >= 0.3 is 6.18 Å². The molecule has 1 fully saturated rings. The Hall–Kier alpha value is -1.07. The number of halogens is 3. The lowest BCUT2D eigenvalue weighted by Crippen LogP contribution is -2.44. The molecular weight excluding hydrogens is 279 g/mol. The largest absolute Gasteiger partial charge is 0.391 e. The molecular formula is C16H22F3NO. The number of alkyl halides is 3. The summed E-state index contributed by atoms with van der Waals surface area (Å²) in [6.07, 6.45) is -2.45. The summed E-state index contributed by atoms with van der Waals surface area (Å²) in [7, 11) is 1.84. The van der Waals surface area contributed by atoms with Crippen molar-refractivity contribution in [3.63, 3.8) is 0 Å². The molecule has 2 nitrogen and oxygen atoms in total. The number of rotatable bonds is 5. The van der Waals surface area contributed by atoms with Gasteiger partial charge in [-0.3, -0.25) is 0 Å². The highest BCUT2D eigenvalue weighted by atomic mass is 19.4. The maximum Gasteiger partial charge on any atom is 0.391 e. The van der Waals surface area contributed by atoms with Gasteiger partial charge in [0.1, 0.15) is 0 Å². The van der Waals surface area contributed by atoms with Crippen molar-refractivity contribution in [2.45, 2.75) is 49.9 Å². The van der Waals surface area contributed by atoms with Crippen LogP contribution in [0.25, 0.3) is 0 Å². The molecule has 0 heterocycles. The molecule has 3 atom stereocenters. The number of nitrogens with one attached hydrogen (secondary N) is 1. The molecule has 1 N–H and O–H groups in total. The van der Waals surface area contributed by atoms with Crippen LogP contribution in [0.4, 0.5) is 13.2 Å². The monoisotopic (exact) mass is 301 g/mol. The van der Waals surface area contributed by atoms with Gasteiger partial charge in [0, 0.05) is 6.04 Å². The molecule has 21 heavy (non-hydrogen) atoms. The molecule has 1 saturated carbocycles. The topological polar surface area (TPSA) is 21.3 Å². The second-order valence-electron chi connectivity index (χ2n) is 5.59. The van der Waals surface area contributed by atoms with E-state index in [1.165, 1.54) is 5.56 Å². The Kier molecular flexibility index (Phi) is 5.65. The van der Waals surface area contributed by atoms with Gasteiger partial charge in [0.05, 0.1) is 19.1 Å². The molecule has 1 aliphatic carbocycles. The zero-order valence-corrected chi connectivity index (χ0v) is 12.2. The lowest BCUT2D eigenvalue weighted by molar-refractivity contribution is -0.151. The van der Waals surface area contributed by atoms with Crippen LogP contribution in [0.5, 0.6) is 0 Å². The van der Waals surface area contributed by atoms with Crippen LogP contribution in [-0.4, -0.2) is 32.0 Å². The van der Waals surface area contributed by atoms with Gasteiger partial charge in [-0.15, -0.1) is 0 Å². The number of benzene rings is 1. The van der Waals surface area contributed by atoms with Crippen LogP contribution < -0.4 is 5.32 Å². The first-order valence-electron chi connectivity index (χ1n) is 7.40. The van der Waals surface area contributed by atoms with E-state index in [1.807, 2.05) is 25.2 Å². The smallest absolute Gasteiger partial charge is 0.376 e. The Morgan fingerprint density at radius 1 is 1.19 bits per heavy atom. The van der Waals surface area contributed by atoms with Gasteiger partial charge < -0.3 is 10.1 Å². The van der Waals surface area contributed by atoms with Gasteiger partial charge in [-0.25, -0.2) is 0 Å². The lowest BCUT2D eigenvalue weighted by atomic mass is 9.80. The van der Waals surface area contributed by atoms with Crippen molar-refractivity contribution in [2.75, 3.05) is 13.7 Å². The van der Waals surface area contributed by atoms with Crippen molar-refractivity contribution in [3.05, 3.63) is 35.9 Å². The van der Waals surface area contributed by atoms with Gasteiger partial charge in [0.2, 0.25) is 0 Å². The zero-order valence-electron chi connectivity index (χ0n) is 12.2. The SMILES string of the molecule is CNC1CCC(c2ccccc2)CC1OCCC(F)(F)F. The Bertz CT molecular complexity index is 421. The fraction of sp³-hybridized carbons (Fsp3) is 0.625. The second kappa shape index (κ2) is 7.27. The average Bonchev–Trinajstić information content (AvgIpc) is 2.47. The Balaban J connectivity index is 1.93. The fourth-order valence-corrected chi connectivity index (χ4v) is 3.00. The van der Waals surface area contributed by atoms with E-state index in [9.17, 15) is 13.2 Å². The summed E-state index contributed by atoms with van der Waals surface area (Å²) < 4.78 is 42.2. The third kappa shape index (κ3) is 5.00. The molecule has 2 rings (SSSR count). The number of hydrogen-bond donors (Lipinski definition) is 1. The molecule has 0 bridgehead atoms. The van der Waals surface area contributed by atoms with E-state index in [0.717, 1.165) is 19.3 Å². The van der Waals surface area contributed by atoms with E-state index >= 15 is 0 Å². The molecule has 5 heteroatoms. The first kappa shape index (κ1) is 16.3. The maximum absolute atomic E-state index is 12.2. The van der Waals surface area contributed by atoms with Crippen molar-refractivity contribution in [2.24, 2.45) is 0 Å². The highest BCUT2D eigenvalue weighted by Gasteiger charge is 2.33. The minimum atomic E-state index is -4.15. The van der Waals surface area contributed by atoms with Gasteiger partial charge in [0.25, 0.3) is 0 Å². The van der Waals surface area contributed by atoms with Gasteiger partial charge in [0.15, 0.2) is 0 Å². The Morgan fingerprint density at radius 3 is 2.52 bits per heavy atom. The van der Waals surface area contributed by atoms with E-state index in [-0.39, 0.29) is 18.8 Å². The molecule has 0 amide bonds. The summed E-state index contributed by atoms with van der Waals surface area (Å²) in [4.78, 5) is 0. The second-order valence-corrected chi connectivity index (χ2v) is 5.59. The lowest BCUT2D eigenvalue weighted by Gasteiger charge is -2.36. The van der Waals surface area contributed by atoms with Crippen molar-refractivity contribution in [3.8, 4) is 0 Å². The minimum Gasteiger partial charge on any atom is -0.376 e. The summed E-state index contributed by atoms with van der Waals surface area (Å²) >= 11 is 0. The zero-order chi connectivity index (χ0) is 15.3. The normalized spacial score (nSPS) is 26.8. The summed E-state index contributed by atoms with van der Waals surface area (Å²) in [5.74, 6) is 0.367. The Labute approximate surface area is 123 Å². The summed E-state index contributed by atoms with van der Waals surface area (Å²) in [5.41, 5.74) is 1.25. The van der Waals surface area contributed by atoms with E-state index in [1.54, 1.807) is 0 Å². The quantitative estimate of drug-likeness (QED) is 0.891. The number of ether oxygens (including phenoxy) is 1. The van der Waals surface area contributed by atoms with Crippen molar-refractivity contribution >= 4 is 0 Å². The van der Waals surface area contributed by atoms with Crippen LogP contribution in [0.15, 0.2) is 30.3 Å². The van der Waals surface area contributed by atoms with Crippen molar-refractivity contribution < 1.29 is 17.9 Å².